The van der Waals surface area contributed by atoms with E-state index in [9.17, 15) is 14.7 Å². The summed E-state index contributed by atoms with van der Waals surface area (Å²) in [6, 6.07) is 4.88. The molecular weight excluding hydrogens is 314 g/mol. The molecule has 0 aromatic heterocycles. The van der Waals surface area contributed by atoms with Crippen molar-refractivity contribution in [3.63, 3.8) is 0 Å². The van der Waals surface area contributed by atoms with Gasteiger partial charge in [-0.2, -0.15) is 0 Å². The number of aliphatic carboxylic acids is 1. The molecule has 0 bridgehead atoms. The summed E-state index contributed by atoms with van der Waals surface area (Å²) in [5, 5.41) is 9.27. The molecule has 1 aromatic rings. The molecule has 1 amide bonds. The Morgan fingerprint density at radius 2 is 1.92 bits per heavy atom. The standard InChI is InChI=1S/C17H19NO6/c19-16(18-3-4-22-9-13(18)17(20)21)12-8-11(12)10-1-2-14-15(7-10)24-6-5-23-14/h1-2,7,11-13H,3-6,8-9H2,(H,20,21)/t11-,12-,13+/m1/s1. The molecule has 7 nitrogen and oxygen atoms in total. The van der Waals surface area contributed by atoms with Crippen LogP contribution in [0.3, 0.4) is 0 Å². The number of hydrogen-bond acceptors (Lipinski definition) is 5. The van der Waals surface area contributed by atoms with Crippen molar-refractivity contribution in [1.82, 2.24) is 4.90 Å². The highest BCUT2D eigenvalue weighted by Gasteiger charge is 2.48. The van der Waals surface area contributed by atoms with Crippen LogP contribution in [-0.4, -0.2) is 60.9 Å². The number of carbonyl (C=O) groups excluding carboxylic acids is 1. The predicted octanol–water partition coefficient (Wildman–Crippen LogP) is 0.873. The Kier molecular flexibility index (Phi) is 3.80. The Bertz CT molecular complexity index is 675. The van der Waals surface area contributed by atoms with Crippen LogP contribution in [0.25, 0.3) is 0 Å². The number of hydrogen-bond donors (Lipinski definition) is 1. The van der Waals surface area contributed by atoms with Gasteiger partial charge in [0.15, 0.2) is 17.5 Å². The zero-order valence-electron chi connectivity index (χ0n) is 13.1. The molecule has 1 saturated carbocycles. The highest BCUT2D eigenvalue weighted by Crippen LogP contribution is 2.50. The topological polar surface area (TPSA) is 85.3 Å². The van der Waals surface area contributed by atoms with E-state index < -0.39 is 12.0 Å². The van der Waals surface area contributed by atoms with Crippen molar-refractivity contribution in [2.24, 2.45) is 5.92 Å². The molecule has 128 valence electrons. The molecule has 2 heterocycles. The van der Waals surface area contributed by atoms with Gasteiger partial charge < -0.3 is 24.2 Å². The first-order chi connectivity index (χ1) is 11.6. The smallest absolute Gasteiger partial charge is 0.328 e. The highest BCUT2D eigenvalue weighted by molar-refractivity contribution is 5.88. The third-order valence-corrected chi connectivity index (χ3v) is 4.80. The molecule has 0 unspecified atom stereocenters. The quantitative estimate of drug-likeness (QED) is 0.884. The molecular formula is C17H19NO6. The van der Waals surface area contributed by atoms with Crippen molar-refractivity contribution >= 4 is 11.9 Å². The number of morpholine rings is 1. The third kappa shape index (κ3) is 2.69. The average Bonchev–Trinajstić information content (AvgIpc) is 3.41. The number of rotatable bonds is 3. The lowest BCUT2D eigenvalue weighted by molar-refractivity contribution is -0.158. The van der Waals surface area contributed by atoms with Crippen molar-refractivity contribution in [2.75, 3.05) is 33.0 Å². The molecule has 0 spiro atoms. The van der Waals surface area contributed by atoms with E-state index in [4.69, 9.17) is 14.2 Å². The monoisotopic (exact) mass is 333 g/mol. The van der Waals surface area contributed by atoms with Gasteiger partial charge in [0.1, 0.15) is 13.2 Å². The van der Waals surface area contributed by atoms with Gasteiger partial charge in [-0.25, -0.2) is 4.79 Å². The van der Waals surface area contributed by atoms with Gasteiger partial charge in [-0.05, 0) is 30.0 Å². The minimum Gasteiger partial charge on any atom is -0.486 e. The Morgan fingerprint density at radius 3 is 2.71 bits per heavy atom. The van der Waals surface area contributed by atoms with Gasteiger partial charge in [0.05, 0.1) is 13.2 Å². The number of fused-ring (bicyclic) bond motifs is 1. The van der Waals surface area contributed by atoms with E-state index in [0.29, 0.717) is 32.1 Å². The molecule has 24 heavy (non-hydrogen) atoms. The van der Waals surface area contributed by atoms with Gasteiger partial charge in [-0.3, -0.25) is 4.79 Å². The van der Waals surface area contributed by atoms with Gasteiger partial charge in [-0.1, -0.05) is 6.07 Å². The maximum absolute atomic E-state index is 12.7. The fourth-order valence-electron chi connectivity index (χ4n) is 3.41. The van der Waals surface area contributed by atoms with Crippen LogP contribution in [0, 0.1) is 5.92 Å². The van der Waals surface area contributed by atoms with Crippen LogP contribution >= 0.6 is 0 Å². The second kappa shape index (κ2) is 5.98. The van der Waals surface area contributed by atoms with Crippen molar-refractivity contribution < 1.29 is 28.9 Å². The molecule has 3 aliphatic rings. The van der Waals surface area contributed by atoms with Crippen LogP contribution in [-0.2, 0) is 14.3 Å². The minimum absolute atomic E-state index is 0.0580. The fraction of sp³-hybridized carbons (Fsp3) is 0.529. The SMILES string of the molecule is O=C(O)[C@@H]1COCCN1C(=O)[C@@H]1C[C@@H]1c1ccc2c(c1)OCCO2. The van der Waals surface area contributed by atoms with Gasteiger partial charge >= 0.3 is 5.97 Å². The molecule has 1 N–H and O–H groups in total. The largest absolute Gasteiger partial charge is 0.486 e. The zero-order valence-corrected chi connectivity index (χ0v) is 13.1. The van der Waals surface area contributed by atoms with E-state index in [0.717, 1.165) is 17.7 Å². The van der Waals surface area contributed by atoms with E-state index in [-0.39, 0.29) is 24.3 Å². The Morgan fingerprint density at radius 1 is 1.12 bits per heavy atom. The van der Waals surface area contributed by atoms with Gasteiger partial charge in [0.25, 0.3) is 0 Å². The molecule has 2 fully saturated rings. The van der Waals surface area contributed by atoms with Crippen LogP contribution < -0.4 is 9.47 Å². The number of benzene rings is 1. The summed E-state index contributed by atoms with van der Waals surface area (Å²) in [5.41, 5.74) is 1.04. The lowest BCUT2D eigenvalue weighted by Gasteiger charge is -2.33. The molecule has 1 aliphatic carbocycles. The van der Waals surface area contributed by atoms with Crippen LogP contribution in [0.5, 0.6) is 11.5 Å². The Labute approximate surface area is 139 Å². The van der Waals surface area contributed by atoms with Gasteiger partial charge in [-0.15, -0.1) is 0 Å². The summed E-state index contributed by atoms with van der Waals surface area (Å²) in [4.78, 5) is 25.5. The Hall–Kier alpha value is -2.28. The van der Waals surface area contributed by atoms with Crippen molar-refractivity contribution in [2.45, 2.75) is 18.4 Å². The predicted molar refractivity (Wildman–Crippen MR) is 82.2 cm³/mol. The first-order valence-electron chi connectivity index (χ1n) is 8.15. The molecule has 1 aromatic carbocycles. The molecule has 4 rings (SSSR count). The maximum Gasteiger partial charge on any atom is 0.328 e. The summed E-state index contributed by atoms with van der Waals surface area (Å²) < 4.78 is 16.3. The summed E-state index contributed by atoms with van der Waals surface area (Å²) in [6.45, 7) is 1.85. The highest BCUT2D eigenvalue weighted by atomic mass is 16.6. The van der Waals surface area contributed by atoms with Crippen LogP contribution in [0.4, 0.5) is 0 Å². The van der Waals surface area contributed by atoms with E-state index >= 15 is 0 Å². The van der Waals surface area contributed by atoms with Crippen LogP contribution in [0.1, 0.15) is 17.9 Å². The fourth-order valence-corrected chi connectivity index (χ4v) is 3.41. The third-order valence-electron chi connectivity index (χ3n) is 4.80. The van der Waals surface area contributed by atoms with Crippen LogP contribution in [0.2, 0.25) is 0 Å². The number of nitrogens with zero attached hydrogens (tertiary/aromatic N) is 1. The molecule has 0 radical (unpaired) electrons. The first-order valence-corrected chi connectivity index (χ1v) is 8.15. The lowest BCUT2D eigenvalue weighted by atomic mass is 10.1. The number of carboxylic acid groups (broad SMARTS) is 1. The number of ether oxygens (including phenoxy) is 3. The zero-order chi connectivity index (χ0) is 16.7. The number of carbonyl (C=O) groups is 2. The van der Waals surface area contributed by atoms with E-state index in [1.807, 2.05) is 18.2 Å². The summed E-state index contributed by atoms with van der Waals surface area (Å²) in [6.07, 6.45) is 0.738. The van der Waals surface area contributed by atoms with Crippen molar-refractivity contribution in [3.8, 4) is 11.5 Å². The lowest BCUT2D eigenvalue weighted by Crippen LogP contribution is -2.53. The molecule has 2 aliphatic heterocycles. The van der Waals surface area contributed by atoms with Gasteiger partial charge in [0, 0.05) is 12.5 Å². The molecule has 3 atom stereocenters. The normalized spacial score (nSPS) is 28.3. The maximum atomic E-state index is 12.7. The van der Waals surface area contributed by atoms with Crippen LogP contribution in [0.15, 0.2) is 18.2 Å². The second-order valence-corrected chi connectivity index (χ2v) is 6.31. The number of amides is 1. The molecule has 1 saturated heterocycles. The van der Waals surface area contributed by atoms with Crippen molar-refractivity contribution in [3.05, 3.63) is 23.8 Å². The molecule has 7 heteroatoms. The van der Waals surface area contributed by atoms with Crippen molar-refractivity contribution in [1.29, 1.82) is 0 Å². The minimum atomic E-state index is -1.01. The van der Waals surface area contributed by atoms with Gasteiger partial charge in [0.2, 0.25) is 5.91 Å². The summed E-state index contributed by atoms with van der Waals surface area (Å²) in [7, 11) is 0. The summed E-state index contributed by atoms with van der Waals surface area (Å²) in [5.74, 6) is 0.294. The average molecular weight is 333 g/mol. The summed E-state index contributed by atoms with van der Waals surface area (Å²) >= 11 is 0. The van der Waals surface area contributed by atoms with E-state index in [1.54, 1.807) is 0 Å². The second-order valence-electron chi connectivity index (χ2n) is 6.31. The first kappa shape index (κ1) is 15.3. The Balaban J connectivity index is 1.47. The number of carboxylic acids is 1. The van der Waals surface area contributed by atoms with E-state index in [2.05, 4.69) is 0 Å². The van der Waals surface area contributed by atoms with E-state index in [1.165, 1.54) is 4.90 Å².